The summed E-state index contributed by atoms with van der Waals surface area (Å²) < 4.78 is 11.4. The molecule has 6 heteroatoms. The molecule has 2 fully saturated rings. The molecule has 194 valence electrons. The van der Waals surface area contributed by atoms with Crippen LogP contribution in [0, 0.1) is 29.1 Å². The van der Waals surface area contributed by atoms with Gasteiger partial charge in [0.2, 0.25) is 6.79 Å². The molecule has 1 aliphatic heterocycles. The lowest BCUT2D eigenvalue weighted by atomic mass is 9.51. The molecule has 0 bridgehead atoms. The fourth-order valence-corrected chi connectivity index (χ4v) is 7.80. The fourth-order valence-electron chi connectivity index (χ4n) is 7.80. The van der Waals surface area contributed by atoms with Crippen LogP contribution >= 0.6 is 0 Å². The normalized spacial score (nSPS) is 34.5. The van der Waals surface area contributed by atoms with Gasteiger partial charge in [-0.15, -0.1) is 5.92 Å². The molecule has 1 heterocycles. The first-order chi connectivity index (χ1) is 17.9. The molecule has 0 aromatic heterocycles. The van der Waals surface area contributed by atoms with Gasteiger partial charge in [-0.2, -0.15) is 5.10 Å². The topological polar surface area (TPSA) is 75.1 Å². The Morgan fingerprint density at radius 2 is 2.03 bits per heavy atom. The summed E-state index contributed by atoms with van der Waals surface area (Å²) in [7, 11) is 1.84. The van der Waals surface area contributed by atoms with Gasteiger partial charge >= 0.3 is 0 Å². The summed E-state index contributed by atoms with van der Waals surface area (Å²) >= 11 is 0. The van der Waals surface area contributed by atoms with E-state index in [-0.39, 0.29) is 18.1 Å². The molecule has 6 rings (SSSR count). The van der Waals surface area contributed by atoms with E-state index in [1.807, 2.05) is 20.0 Å². The maximum Gasteiger partial charge on any atom is 0.231 e. The van der Waals surface area contributed by atoms with Crippen molar-refractivity contribution in [1.82, 2.24) is 10.7 Å². The molecule has 1 aromatic rings. The molecule has 0 radical (unpaired) electrons. The van der Waals surface area contributed by atoms with Crippen LogP contribution < -0.4 is 20.2 Å². The Bertz CT molecular complexity index is 1300. The average molecular weight is 500 g/mol. The number of benzene rings is 1. The molecule has 0 spiro atoms. The van der Waals surface area contributed by atoms with Crippen LogP contribution in [0.15, 0.2) is 58.5 Å². The monoisotopic (exact) mass is 499 g/mol. The van der Waals surface area contributed by atoms with Gasteiger partial charge in [-0.05, 0) is 98.6 Å². The standard InChI is InChI=1S/C31H37N3O3/c1-5-13-31(35)14-12-26-24-9-6-20-15-22(34-33-19(2)32-4)8-10-23(20)29(24)25(17-30(26,31)3)21-7-11-27-28(16-21)37-18-36-27/h7,11,15-16,24-26,32-33,35H,2,6,8-10,12,14,17-18H2,1,3-4H3/b34-22+/t24-,25+,26-,30-,31-/m0/s1. The first-order valence-electron chi connectivity index (χ1n) is 13.6. The highest BCUT2D eigenvalue weighted by molar-refractivity contribution is 5.97. The summed E-state index contributed by atoms with van der Waals surface area (Å²) in [6.45, 7) is 8.33. The van der Waals surface area contributed by atoms with E-state index in [1.165, 1.54) is 16.7 Å². The third-order valence-corrected chi connectivity index (χ3v) is 9.67. The summed E-state index contributed by atoms with van der Waals surface area (Å²) in [6.07, 6.45) is 9.00. The Labute approximate surface area is 219 Å². The molecule has 5 atom stereocenters. The zero-order valence-corrected chi connectivity index (χ0v) is 22.1. The Morgan fingerprint density at radius 3 is 2.84 bits per heavy atom. The van der Waals surface area contributed by atoms with Gasteiger partial charge in [0.15, 0.2) is 11.5 Å². The number of rotatable bonds is 4. The van der Waals surface area contributed by atoms with Gasteiger partial charge < -0.3 is 19.9 Å². The minimum absolute atomic E-state index is 0.211. The van der Waals surface area contributed by atoms with Crippen LogP contribution in [0.2, 0.25) is 0 Å². The quantitative estimate of drug-likeness (QED) is 0.395. The minimum Gasteiger partial charge on any atom is -0.454 e. The predicted octanol–water partition coefficient (Wildman–Crippen LogP) is 5.14. The van der Waals surface area contributed by atoms with Gasteiger partial charge in [0.1, 0.15) is 11.4 Å². The van der Waals surface area contributed by atoms with E-state index in [9.17, 15) is 5.11 Å². The maximum atomic E-state index is 11.9. The van der Waals surface area contributed by atoms with E-state index in [1.54, 1.807) is 5.57 Å². The predicted molar refractivity (Wildman–Crippen MR) is 145 cm³/mol. The van der Waals surface area contributed by atoms with Gasteiger partial charge in [-0.25, -0.2) is 0 Å². The van der Waals surface area contributed by atoms with Gasteiger partial charge in [0.05, 0.1) is 5.71 Å². The van der Waals surface area contributed by atoms with Crippen molar-refractivity contribution >= 4 is 5.71 Å². The van der Waals surface area contributed by atoms with Crippen molar-refractivity contribution in [3.63, 3.8) is 0 Å². The van der Waals surface area contributed by atoms with Crippen molar-refractivity contribution in [2.75, 3.05) is 13.8 Å². The van der Waals surface area contributed by atoms with E-state index in [2.05, 4.69) is 59.4 Å². The molecule has 2 saturated carbocycles. The van der Waals surface area contributed by atoms with E-state index in [0.29, 0.717) is 17.7 Å². The molecule has 37 heavy (non-hydrogen) atoms. The van der Waals surface area contributed by atoms with Crippen molar-refractivity contribution in [3.8, 4) is 23.3 Å². The lowest BCUT2D eigenvalue weighted by Gasteiger charge is -2.53. The van der Waals surface area contributed by atoms with Gasteiger partial charge in [0, 0.05) is 18.4 Å². The smallest absolute Gasteiger partial charge is 0.231 e. The molecular weight excluding hydrogens is 462 g/mol. The Hall–Kier alpha value is -3.17. The van der Waals surface area contributed by atoms with Crippen molar-refractivity contribution < 1.29 is 14.6 Å². The molecule has 0 amide bonds. The number of fused-ring (bicyclic) bond motifs is 5. The third-order valence-electron chi connectivity index (χ3n) is 9.67. The van der Waals surface area contributed by atoms with Gasteiger partial charge in [-0.1, -0.05) is 31.1 Å². The van der Waals surface area contributed by atoms with Crippen molar-refractivity contribution in [3.05, 3.63) is 59.0 Å². The fraction of sp³-hybridized carbons (Fsp3) is 0.516. The van der Waals surface area contributed by atoms with Crippen molar-refractivity contribution in [1.29, 1.82) is 0 Å². The van der Waals surface area contributed by atoms with Crippen LogP contribution in [0.4, 0.5) is 0 Å². The number of nitrogens with one attached hydrogen (secondary N) is 2. The van der Waals surface area contributed by atoms with E-state index < -0.39 is 5.60 Å². The van der Waals surface area contributed by atoms with Crippen LogP contribution in [0.5, 0.6) is 11.5 Å². The van der Waals surface area contributed by atoms with Gasteiger partial charge in [-0.3, -0.25) is 5.43 Å². The van der Waals surface area contributed by atoms with Gasteiger partial charge in [0.25, 0.3) is 0 Å². The van der Waals surface area contributed by atoms with Crippen molar-refractivity contribution in [2.24, 2.45) is 22.4 Å². The summed E-state index contributed by atoms with van der Waals surface area (Å²) in [5.74, 6) is 9.74. The average Bonchev–Trinajstić information content (AvgIpc) is 3.48. The van der Waals surface area contributed by atoms with E-state index in [4.69, 9.17) is 9.47 Å². The zero-order chi connectivity index (χ0) is 25.8. The van der Waals surface area contributed by atoms with Crippen LogP contribution in [-0.4, -0.2) is 30.3 Å². The summed E-state index contributed by atoms with van der Waals surface area (Å²) in [5, 5.41) is 19.5. The summed E-state index contributed by atoms with van der Waals surface area (Å²) in [6, 6.07) is 6.42. The Morgan fingerprint density at radius 1 is 1.19 bits per heavy atom. The highest BCUT2D eigenvalue weighted by atomic mass is 16.7. The first-order valence-corrected chi connectivity index (χ1v) is 13.6. The molecule has 5 aliphatic rings. The van der Waals surface area contributed by atoms with Crippen LogP contribution in [0.25, 0.3) is 0 Å². The first kappa shape index (κ1) is 24.2. The third kappa shape index (κ3) is 3.78. The number of aliphatic hydroxyl groups is 1. The minimum atomic E-state index is -0.943. The Kier molecular flexibility index (Phi) is 5.88. The molecule has 3 N–H and O–H groups in total. The number of nitrogens with zero attached hydrogens (tertiary/aromatic N) is 1. The molecule has 1 aromatic carbocycles. The number of hydrogen-bond donors (Lipinski definition) is 3. The van der Waals surface area contributed by atoms with E-state index >= 15 is 0 Å². The Balaban J connectivity index is 1.46. The molecule has 4 aliphatic carbocycles. The largest absolute Gasteiger partial charge is 0.454 e. The molecule has 0 unspecified atom stereocenters. The lowest BCUT2D eigenvalue weighted by Crippen LogP contribution is -2.51. The van der Waals surface area contributed by atoms with Crippen LogP contribution in [-0.2, 0) is 0 Å². The molecule has 0 saturated heterocycles. The second-order valence-corrected chi connectivity index (χ2v) is 11.4. The van der Waals surface area contributed by atoms with Crippen molar-refractivity contribution in [2.45, 2.75) is 70.3 Å². The SMILES string of the molecule is C=C(NC)N/N=C1/C=C2CC[C@@H]3C(=C2CC1)[C@@H](c1ccc2c(c1)OCO2)C[C@@]1(C)[C@H]3CC[C@@]1(O)C#CC. The molecular formula is C31H37N3O3. The van der Waals surface area contributed by atoms with Crippen LogP contribution in [0.1, 0.15) is 70.3 Å². The number of hydrazone groups is 1. The molecule has 6 nitrogen and oxygen atoms in total. The number of hydrogen-bond acceptors (Lipinski definition) is 6. The highest BCUT2D eigenvalue weighted by Gasteiger charge is 2.62. The maximum absolute atomic E-state index is 11.9. The summed E-state index contributed by atoms with van der Waals surface area (Å²) in [5.41, 5.74) is 8.67. The second kappa shape index (κ2) is 8.99. The zero-order valence-electron chi connectivity index (χ0n) is 22.1. The lowest BCUT2D eigenvalue weighted by molar-refractivity contribution is -0.0513. The van der Waals surface area contributed by atoms with E-state index in [0.717, 1.165) is 62.2 Å². The second-order valence-electron chi connectivity index (χ2n) is 11.4. The number of allylic oxidation sites excluding steroid dienone is 4. The van der Waals surface area contributed by atoms with Crippen LogP contribution in [0.3, 0.4) is 0 Å². The summed E-state index contributed by atoms with van der Waals surface area (Å²) in [4.78, 5) is 0. The highest BCUT2D eigenvalue weighted by Crippen LogP contribution is 2.66. The number of ether oxygens (including phenoxy) is 2.